The van der Waals surface area contributed by atoms with Crippen LogP contribution in [0.15, 0.2) is 18.2 Å². The van der Waals surface area contributed by atoms with Crippen LogP contribution in [0.3, 0.4) is 0 Å². The van der Waals surface area contributed by atoms with Gasteiger partial charge >= 0.3 is 0 Å². The third kappa shape index (κ3) is 4.37. The molecule has 0 aliphatic carbocycles. The molecule has 1 heterocycles. The molecule has 0 spiro atoms. The smallest absolute Gasteiger partial charge is 0.123 e. The fraction of sp³-hybridized carbons (Fsp3) is 0.600. The van der Waals surface area contributed by atoms with Crippen molar-refractivity contribution in [1.29, 1.82) is 0 Å². The summed E-state index contributed by atoms with van der Waals surface area (Å²) in [6.07, 6.45) is 3.29. The normalized spacial score (nSPS) is 17.4. The molecule has 1 fully saturated rings. The highest BCUT2D eigenvalue weighted by Crippen LogP contribution is 2.25. The van der Waals surface area contributed by atoms with Gasteiger partial charge in [0.1, 0.15) is 11.5 Å². The molecule has 1 aromatic carbocycles. The van der Waals surface area contributed by atoms with Crippen molar-refractivity contribution in [3.63, 3.8) is 0 Å². The lowest BCUT2D eigenvalue weighted by Crippen LogP contribution is -2.36. The van der Waals surface area contributed by atoms with E-state index in [4.69, 9.17) is 10.5 Å². The first-order chi connectivity index (χ1) is 9.69. The largest absolute Gasteiger partial charge is 0.508 e. The number of piperidine rings is 1. The number of benzene rings is 1. The van der Waals surface area contributed by atoms with Crippen molar-refractivity contribution in [3.8, 4) is 11.5 Å². The van der Waals surface area contributed by atoms with Crippen molar-refractivity contribution in [3.05, 3.63) is 23.8 Å². The van der Waals surface area contributed by atoms with Crippen molar-refractivity contribution in [1.82, 2.24) is 4.90 Å². The van der Waals surface area contributed by atoms with Gasteiger partial charge in [0.15, 0.2) is 0 Å². The molecule has 0 atom stereocenters. The fourth-order valence-corrected chi connectivity index (χ4v) is 2.49. The Morgan fingerprint density at radius 1 is 1.25 bits per heavy atom. The Balaban J connectivity index is 1.76. The SMILES string of the molecule is NCCCOC1CCN(Cc2ccc(O)cc2O)CC1. The number of nitrogens with two attached hydrogens (primary N) is 1. The molecule has 1 saturated heterocycles. The van der Waals surface area contributed by atoms with Crippen molar-refractivity contribution >= 4 is 0 Å². The molecule has 2 rings (SSSR count). The van der Waals surface area contributed by atoms with Crippen molar-refractivity contribution < 1.29 is 14.9 Å². The molecule has 1 aliphatic rings. The highest BCUT2D eigenvalue weighted by Gasteiger charge is 2.20. The van der Waals surface area contributed by atoms with Crippen LogP contribution in [0.5, 0.6) is 11.5 Å². The van der Waals surface area contributed by atoms with Gasteiger partial charge in [-0.15, -0.1) is 0 Å². The summed E-state index contributed by atoms with van der Waals surface area (Å²) in [7, 11) is 0. The van der Waals surface area contributed by atoms with Crippen LogP contribution in [0.1, 0.15) is 24.8 Å². The standard InChI is InChI=1S/C15H24N2O3/c16-6-1-9-20-14-4-7-17(8-5-14)11-12-2-3-13(18)10-15(12)19/h2-3,10,14,18-19H,1,4-9,11,16H2. The number of hydrogen-bond acceptors (Lipinski definition) is 5. The van der Waals surface area contributed by atoms with Gasteiger partial charge in [-0.05, 0) is 31.9 Å². The Hall–Kier alpha value is -1.30. The van der Waals surface area contributed by atoms with Gasteiger partial charge in [0.25, 0.3) is 0 Å². The van der Waals surface area contributed by atoms with Crippen LogP contribution in [0, 0.1) is 0 Å². The molecular weight excluding hydrogens is 256 g/mol. The number of phenols is 2. The highest BCUT2D eigenvalue weighted by atomic mass is 16.5. The Morgan fingerprint density at radius 2 is 2.00 bits per heavy atom. The van der Waals surface area contributed by atoms with E-state index in [9.17, 15) is 10.2 Å². The van der Waals surface area contributed by atoms with Gasteiger partial charge in [0.2, 0.25) is 0 Å². The number of ether oxygens (including phenoxy) is 1. The number of rotatable bonds is 6. The number of hydrogen-bond donors (Lipinski definition) is 3. The molecular formula is C15H24N2O3. The number of likely N-dealkylation sites (tertiary alicyclic amines) is 1. The molecule has 0 saturated carbocycles. The maximum Gasteiger partial charge on any atom is 0.123 e. The third-order valence-electron chi connectivity index (χ3n) is 3.70. The second kappa shape index (κ2) is 7.47. The third-order valence-corrected chi connectivity index (χ3v) is 3.70. The Bertz CT molecular complexity index is 418. The highest BCUT2D eigenvalue weighted by molar-refractivity contribution is 5.38. The first kappa shape index (κ1) is 15.1. The molecule has 1 aromatic rings. The second-order valence-corrected chi connectivity index (χ2v) is 5.30. The molecule has 0 bridgehead atoms. The lowest BCUT2D eigenvalue weighted by molar-refractivity contribution is 0.00553. The fourth-order valence-electron chi connectivity index (χ4n) is 2.49. The zero-order chi connectivity index (χ0) is 14.4. The predicted molar refractivity (Wildman–Crippen MR) is 77.7 cm³/mol. The second-order valence-electron chi connectivity index (χ2n) is 5.30. The van der Waals surface area contributed by atoms with Crippen LogP contribution in [0.2, 0.25) is 0 Å². The van der Waals surface area contributed by atoms with E-state index in [2.05, 4.69) is 4.90 Å². The molecule has 112 valence electrons. The van der Waals surface area contributed by atoms with E-state index in [1.165, 1.54) is 6.07 Å². The number of aromatic hydroxyl groups is 2. The van der Waals surface area contributed by atoms with Crippen LogP contribution < -0.4 is 5.73 Å². The van der Waals surface area contributed by atoms with Crippen molar-refractivity contribution in [2.45, 2.75) is 31.9 Å². The molecule has 1 aliphatic heterocycles. The molecule has 0 unspecified atom stereocenters. The lowest BCUT2D eigenvalue weighted by Gasteiger charge is -2.32. The Kier molecular flexibility index (Phi) is 5.64. The molecule has 5 nitrogen and oxygen atoms in total. The Morgan fingerprint density at radius 3 is 2.65 bits per heavy atom. The summed E-state index contributed by atoms with van der Waals surface area (Å²) in [5.41, 5.74) is 6.30. The van der Waals surface area contributed by atoms with E-state index in [1.807, 2.05) is 0 Å². The van der Waals surface area contributed by atoms with Crippen LogP contribution >= 0.6 is 0 Å². The van der Waals surface area contributed by atoms with Crippen LogP contribution in [0.25, 0.3) is 0 Å². The molecule has 0 radical (unpaired) electrons. The zero-order valence-corrected chi connectivity index (χ0v) is 11.8. The maximum atomic E-state index is 9.79. The average molecular weight is 280 g/mol. The molecule has 0 aromatic heterocycles. The predicted octanol–water partition coefficient (Wildman–Crippen LogP) is 1.43. The van der Waals surface area contributed by atoms with E-state index in [0.717, 1.165) is 44.5 Å². The summed E-state index contributed by atoms with van der Waals surface area (Å²) in [6, 6.07) is 4.77. The van der Waals surface area contributed by atoms with E-state index >= 15 is 0 Å². The van der Waals surface area contributed by atoms with E-state index < -0.39 is 0 Å². The van der Waals surface area contributed by atoms with Gasteiger partial charge in [-0.1, -0.05) is 6.07 Å². The summed E-state index contributed by atoms with van der Waals surface area (Å²) in [5, 5.41) is 19.1. The van der Waals surface area contributed by atoms with Crippen LogP contribution in [-0.2, 0) is 11.3 Å². The van der Waals surface area contributed by atoms with Gasteiger partial charge in [-0.3, -0.25) is 4.90 Å². The van der Waals surface area contributed by atoms with Crippen molar-refractivity contribution in [2.75, 3.05) is 26.2 Å². The maximum absolute atomic E-state index is 9.79. The van der Waals surface area contributed by atoms with E-state index in [1.54, 1.807) is 12.1 Å². The van der Waals surface area contributed by atoms with E-state index in [-0.39, 0.29) is 11.5 Å². The summed E-state index contributed by atoms with van der Waals surface area (Å²) < 4.78 is 5.77. The lowest BCUT2D eigenvalue weighted by atomic mass is 10.1. The summed E-state index contributed by atoms with van der Waals surface area (Å²) in [5.74, 6) is 0.254. The summed E-state index contributed by atoms with van der Waals surface area (Å²) in [6.45, 7) is 4.07. The Labute approximate surface area is 120 Å². The number of nitrogens with zero attached hydrogens (tertiary/aromatic N) is 1. The quantitative estimate of drug-likeness (QED) is 0.687. The minimum Gasteiger partial charge on any atom is -0.508 e. The zero-order valence-electron chi connectivity index (χ0n) is 11.8. The molecule has 4 N–H and O–H groups in total. The minimum absolute atomic E-state index is 0.0956. The van der Waals surface area contributed by atoms with Gasteiger partial charge < -0.3 is 20.7 Å². The van der Waals surface area contributed by atoms with Crippen molar-refractivity contribution in [2.24, 2.45) is 5.73 Å². The molecule has 20 heavy (non-hydrogen) atoms. The van der Waals surface area contributed by atoms with Crippen LogP contribution in [0.4, 0.5) is 0 Å². The van der Waals surface area contributed by atoms with Gasteiger partial charge in [0, 0.05) is 37.9 Å². The minimum atomic E-state index is 0.0956. The first-order valence-corrected chi connectivity index (χ1v) is 7.24. The molecule has 0 amide bonds. The summed E-state index contributed by atoms with van der Waals surface area (Å²) in [4.78, 5) is 2.30. The topological polar surface area (TPSA) is 79.0 Å². The van der Waals surface area contributed by atoms with Gasteiger partial charge in [0.05, 0.1) is 6.10 Å². The van der Waals surface area contributed by atoms with Crippen LogP contribution in [-0.4, -0.2) is 47.5 Å². The van der Waals surface area contributed by atoms with Gasteiger partial charge in [-0.2, -0.15) is 0 Å². The molecule has 5 heteroatoms. The van der Waals surface area contributed by atoms with Gasteiger partial charge in [-0.25, -0.2) is 0 Å². The monoisotopic (exact) mass is 280 g/mol. The number of phenolic OH excluding ortho intramolecular Hbond substituents is 2. The first-order valence-electron chi connectivity index (χ1n) is 7.24. The van der Waals surface area contributed by atoms with E-state index in [0.29, 0.717) is 19.2 Å². The summed E-state index contributed by atoms with van der Waals surface area (Å²) >= 11 is 0. The average Bonchev–Trinajstić information content (AvgIpc) is 2.44.